The molecular weight excluding hydrogens is 1330 g/mol. The zero-order valence-corrected chi connectivity index (χ0v) is 57.6. The summed E-state index contributed by atoms with van der Waals surface area (Å²) < 4.78 is 22.8. The van der Waals surface area contributed by atoms with Gasteiger partial charge in [-0.2, -0.15) is 9.97 Å². The van der Waals surface area contributed by atoms with Gasteiger partial charge in [-0.1, -0.05) is 243 Å². The fraction of sp³-hybridized carbons (Fsp3) is 0. The van der Waals surface area contributed by atoms with E-state index in [4.69, 9.17) is 38.7 Å². The number of nitrogens with zero attached hydrogens (tertiary/aromatic N) is 10. The average Bonchev–Trinajstić information content (AvgIpc) is 1.55. The minimum absolute atomic E-state index is 0.485. The molecule has 12 nitrogen and oxygen atoms in total. The first-order chi connectivity index (χ1) is 53.5. The van der Waals surface area contributed by atoms with Crippen LogP contribution in [0.2, 0.25) is 0 Å². The monoisotopic (exact) mass is 1380 g/mol. The largest absolute Gasteiger partial charge is 0.456 e. The number of hydrogen-bond acceptors (Lipinski definition) is 8. The normalized spacial score (nSPS) is 12.1. The molecule has 0 aliphatic heterocycles. The Morgan fingerprint density at radius 3 is 1.22 bits per heavy atom. The maximum atomic E-state index is 6.92. The van der Waals surface area contributed by atoms with Gasteiger partial charge in [0.25, 0.3) is 0 Å². The van der Waals surface area contributed by atoms with Crippen LogP contribution in [0, 0.1) is 0 Å². The first-order valence-corrected chi connectivity index (χ1v) is 36.2. The molecule has 0 saturated carbocycles. The van der Waals surface area contributed by atoms with Gasteiger partial charge in [-0.25, -0.2) is 19.9 Å². The van der Waals surface area contributed by atoms with Gasteiger partial charge in [0.05, 0.1) is 44.1 Å². The van der Waals surface area contributed by atoms with Crippen LogP contribution in [0.4, 0.5) is 0 Å². The molecule has 0 aliphatic carbocycles. The van der Waals surface area contributed by atoms with Gasteiger partial charge in [-0.05, 0) is 108 Å². The van der Waals surface area contributed by atoms with Crippen molar-refractivity contribution >= 4 is 131 Å². The maximum absolute atomic E-state index is 6.92. The van der Waals surface area contributed by atoms with Crippen LogP contribution >= 0.6 is 0 Å². The van der Waals surface area contributed by atoms with E-state index >= 15 is 0 Å². The lowest BCUT2D eigenvalue weighted by Gasteiger charge is -2.13. The predicted molar refractivity (Wildman–Crippen MR) is 438 cm³/mol. The van der Waals surface area contributed by atoms with E-state index in [9.17, 15) is 0 Å². The number of benzene rings is 15. The summed E-state index contributed by atoms with van der Waals surface area (Å²) in [6.45, 7) is 0. The third-order valence-electron chi connectivity index (χ3n) is 21.7. The van der Waals surface area contributed by atoms with E-state index in [0.717, 1.165) is 166 Å². The van der Waals surface area contributed by atoms with Crippen molar-refractivity contribution in [3.8, 4) is 91.1 Å². The van der Waals surface area contributed by atoms with Crippen molar-refractivity contribution < 1.29 is 8.83 Å². The van der Waals surface area contributed by atoms with E-state index in [1.165, 1.54) is 21.5 Å². The highest BCUT2D eigenvalue weighted by Crippen LogP contribution is 2.46. The van der Waals surface area contributed by atoms with Crippen molar-refractivity contribution in [2.45, 2.75) is 0 Å². The van der Waals surface area contributed by atoms with Gasteiger partial charge in [0.2, 0.25) is 5.95 Å². The first kappa shape index (κ1) is 59.6. The second-order valence-electron chi connectivity index (χ2n) is 27.7. The Morgan fingerprint density at radius 1 is 0.194 bits per heavy atom. The van der Waals surface area contributed by atoms with Gasteiger partial charge in [-0.3, -0.25) is 4.57 Å². The number of para-hydroxylation sites is 6. The molecule has 8 heterocycles. The number of fused-ring (bicyclic) bond motifs is 20. The standard InChI is InChI=1S/C96H56N10O2/c1-3-21-58(22-4-1)91-97-92(99-94(98-91)63-27-20-28-64(54-63)105-82-55-65(103-77-35-13-7-29-67(77)68-30-8-14-36-78(68)103)45-47-71(82)73-49-50-74-72-33-11-17-39-84(72)108-90(74)89(73)105)60-43-41-57(42-44-60)61-25-19-26-62(53-61)95-100-93(59-23-5-2-6-24-59)101-96(102-95)106-81-51-52-86-88(76-34-12-18-40-85(76)107-86)87(81)75-48-46-66(56-83(75)106)104-79-37-15-9-31-69(79)70-32-10-16-38-80(70)104/h1-56H. The summed E-state index contributed by atoms with van der Waals surface area (Å²) in [6, 6.07) is 119. The molecule has 23 aromatic rings. The van der Waals surface area contributed by atoms with Crippen LogP contribution in [0.25, 0.3) is 222 Å². The van der Waals surface area contributed by atoms with Crippen molar-refractivity contribution in [2.24, 2.45) is 0 Å². The Balaban J connectivity index is 0.651. The van der Waals surface area contributed by atoms with Crippen molar-refractivity contribution in [1.29, 1.82) is 0 Å². The van der Waals surface area contributed by atoms with E-state index in [-0.39, 0.29) is 0 Å². The number of aromatic nitrogens is 10. The summed E-state index contributed by atoms with van der Waals surface area (Å²) in [6.07, 6.45) is 0. The third-order valence-corrected chi connectivity index (χ3v) is 21.7. The van der Waals surface area contributed by atoms with E-state index in [0.29, 0.717) is 35.1 Å². The zero-order valence-electron chi connectivity index (χ0n) is 57.6. The van der Waals surface area contributed by atoms with E-state index in [2.05, 4.69) is 291 Å². The predicted octanol–water partition coefficient (Wildman–Crippen LogP) is 24.2. The van der Waals surface area contributed by atoms with Gasteiger partial charge in [-0.15, -0.1) is 0 Å². The van der Waals surface area contributed by atoms with Gasteiger partial charge >= 0.3 is 0 Å². The quantitative estimate of drug-likeness (QED) is 0.133. The fourth-order valence-electron chi connectivity index (χ4n) is 16.8. The highest BCUT2D eigenvalue weighted by Gasteiger charge is 2.26. The van der Waals surface area contributed by atoms with Crippen LogP contribution in [0.3, 0.4) is 0 Å². The molecule has 0 aliphatic rings. The molecule has 12 heteroatoms. The second-order valence-corrected chi connectivity index (χ2v) is 27.7. The summed E-state index contributed by atoms with van der Waals surface area (Å²) in [7, 11) is 0. The Kier molecular flexibility index (Phi) is 12.9. The van der Waals surface area contributed by atoms with Crippen molar-refractivity contribution in [1.82, 2.24) is 48.2 Å². The van der Waals surface area contributed by atoms with Crippen LogP contribution in [0.1, 0.15) is 0 Å². The van der Waals surface area contributed by atoms with Crippen LogP contribution in [-0.4, -0.2) is 48.2 Å². The minimum atomic E-state index is 0.485. The summed E-state index contributed by atoms with van der Waals surface area (Å²) in [5.74, 6) is 3.21. The van der Waals surface area contributed by atoms with Gasteiger partial charge in [0, 0.05) is 110 Å². The Morgan fingerprint density at radius 2 is 0.611 bits per heavy atom. The van der Waals surface area contributed by atoms with E-state index in [1.54, 1.807) is 0 Å². The van der Waals surface area contributed by atoms with Crippen LogP contribution < -0.4 is 0 Å². The Bertz CT molecular complexity index is 7580. The van der Waals surface area contributed by atoms with E-state index < -0.39 is 0 Å². The molecular formula is C96H56N10O2. The molecule has 0 fully saturated rings. The molecule has 15 aromatic carbocycles. The van der Waals surface area contributed by atoms with Crippen molar-refractivity contribution in [3.05, 3.63) is 340 Å². The van der Waals surface area contributed by atoms with Gasteiger partial charge in [0.15, 0.2) is 34.7 Å². The lowest BCUT2D eigenvalue weighted by atomic mass is 10.0. The summed E-state index contributed by atoms with van der Waals surface area (Å²) in [5, 5.41) is 13.3. The Labute approximate surface area is 615 Å². The smallest absolute Gasteiger partial charge is 0.238 e. The van der Waals surface area contributed by atoms with Crippen molar-refractivity contribution in [2.75, 3.05) is 0 Å². The number of furan rings is 2. The average molecular weight is 1380 g/mol. The molecule has 0 bridgehead atoms. The number of rotatable bonds is 10. The van der Waals surface area contributed by atoms with Crippen LogP contribution in [0.5, 0.6) is 0 Å². The highest BCUT2D eigenvalue weighted by atomic mass is 16.3. The van der Waals surface area contributed by atoms with E-state index in [1.807, 2.05) is 66.7 Å². The molecule has 23 rings (SSSR count). The zero-order chi connectivity index (χ0) is 70.7. The third kappa shape index (κ3) is 9.10. The van der Waals surface area contributed by atoms with Gasteiger partial charge < -0.3 is 22.5 Å². The van der Waals surface area contributed by atoms with Crippen LogP contribution in [-0.2, 0) is 0 Å². The highest BCUT2D eigenvalue weighted by molar-refractivity contribution is 6.28. The molecule has 108 heavy (non-hydrogen) atoms. The first-order valence-electron chi connectivity index (χ1n) is 36.2. The summed E-state index contributed by atoms with van der Waals surface area (Å²) in [5.41, 5.74) is 20.9. The summed E-state index contributed by atoms with van der Waals surface area (Å²) in [4.78, 5) is 32.2. The second kappa shape index (κ2) is 23.3. The Hall–Kier alpha value is -14.9. The molecule has 502 valence electrons. The SMILES string of the molecule is c1ccc(-c2nc(-c3ccc(-c4cccc(-c5nc(-c6ccccc6)nc(-n6c7cc(-n8c9ccccc9c9ccccc98)ccc7c7c8c(ccc76)oc6ccccc68)n5)c4)cc3)nc(-c3cccc(-n4c5cc(-n6c7ccccc7c7ccccc76)ccc5c5ccc6c7ccccc7oc6c54)c3)n2)cc1. The van der Waals surface area contributed by atoms with Crippen LogP contribution in [0.15, 0.2) is 349 Å². The minimum Gasteiger partial charge on any atom is -0.456 e. The molecule has 0 spiro atoms. The fourth-order valence-corrected chi connectivity index (χ4v) is 16.8. The van der Waals surface area contributed by atoms with Gasteiger partial charge in [0.1, 0.15) is 16.7 Å². The topological polar surface area (TPSA) is 123 Å². The maximum Gasteiger partial charge on any atom is 0.238 e. The molecule has 0 saturated heterocycles. The lowest BCUT2D eigenvalue weighted by Crippen LogP contribution is -2.06. The molecule has 0 radical (unpaired) electrons. The summed E-state index contributed by atoms with van der Waals surface area (Å²) >= 11 is 0. The molecule has 0 amide bonds. The molecule has 0 atom stereocenters. The number of hydrogen-bond donors (Lipinski definition) is 0. The molecule has 0 unspecified atom stereocenters. The van der Waals surface area contributed by atoms with Crippen molar-refractivity contribution in [3.63, 3.8) is 0 Å². The lowest BCUT2D eigenvalue weighted by molar-refractivity contribution is 0.669. The molecule has 8 aromatic heterocycles. The molecule has 0 N–H and O–H groups in total.